The van der Waals surface area contributed by atoms with Crippen LogP contribution in [0.3, 0.4) is 0 Å². The Labute approximate surface area is 371 Å². The Kier molecular flexibility index (Phi) is 12.5. The van der Waals surface area contributed by atoms with E-state index in [1.54, 1.807) is 12.1 Å². The van der Waals surface area contributed by atoms with E-state index in [1.807, 2.05) is 25.1 Å². The lowest BCUT2D eigenvalue weighted by molar-refractivity contribution is 0.00125. The molecule has 2 aromatic heterocycles. The largest absolute Gasteiger partial charge is 0.476 e. The van der Waals surface area contributed by atoms with Gasteiger partial charge in [0, 0.05) is 55.6 Å². The SMILES string of the molecule is CC1(C)CCC(CN2CCN(c3ccc(C(=O)NS(=O)(=O)c4cnc(OCC5CCC(C)(O)CC5)c(C#N)c4)c(Oc4cc(F)cc5[nH]ncc45)c3)CC2)=C(c2ccc(Cl)cc2)C1. The van der Waals surface area contributed by atoms with Crippen molar-refractivity contribution in [2.45, 2.75) is 76.2 Å². The number of pyridine rings is 1. The van der Waals surface area contributed by atoms with Gasteiger partial charge in [0.05, 0.1) is 41.1 Å². The van der Waals surface area contributed by atoms with E-state index in [0.717, 1.165) is 69.7 Å². The minimum atomic E-state index is -4.56. The number of fused-ring (bicyclic) bond motifs is 1. The van der Waals surface area contributed by atoms with Crippen LogP contribution in [-0.4, -0.2) is 84.4 Å². The summed E-state index contributed by atoms with van der Waals surface area (Å²) in [6.07, 6.45) is 8.39. The van der Waals surface area contributed by atoms with Crippen LogP contribution in [0.5, 0.6) is 17.4 Å². The van der Waals surface area contributed by atoms with Crippen molar-refractivity contribution in [1.82, 2.24) is 24.8 Å². The van der Waals surface area contributed by atoms with Gasteiger partial charge in [-0.1, -0.05) is 43.2 Å². The minimum absolute atomic E-state index is 0.00197. The highest BCUT2D eigenvalue weighted by atomic mass is 35.5. The third-order valence-corrected chi connectivity index (χ3v) is 14.1. The van der Waals surface area contributed by atoms with Crippen molar-refractivity contribution in [3.8, 4) is 23.4 Å². The van der Waals surface area contributed by atoms with Crippen molar-refractivity contribution < 1.29 is 32.2 Å². The van der Waals surface area contributed by atoms with Crippen molar-refractivity contribution in [3.05, 3.63) is 106 Å². The molecular formula is C47H51ClFN7O6S. The third kappa shape index (κ3) is 10.3. The number of allylic oxidation sites excluding steroid dienone is 1. The molecule has 0 bridgehead atoms. The molecule has 0 radical (unpaired) electrons. The maximum atomic E-state index is 14.8. The molecule has 330 valence electrons. The maximum absolute atomic E-state index is 14.8. The molecule has 1 aliphatic heterocycles. The highest BCUT2D eigenvalue weighted by Gasteiger charge is 2.32. The van der Waals surface area contributed by atoms with Gasteiger partial charge in [-0.2, -0.15) is 10.4 Å². The Morgan fingerprint density at radius 2 is 1.76 bits per heavy atom. The van der Waals surface area contributed by atoms with Crippen LogP contribution < -0.4 is 19.1 Å². The van der Waals surface area contributed by atoms with Crippen LogP contribution in [0, 0.1) is 28.5 Å². The third-order valence-electron chi connectivity index (χ3n) is 12.6. The van der Waals surface area contributed by atoms with Gasteiger partial charge >= 0.3 is 0 Å². The molecule has 1 amide bonds. The number of halogens is 2. The highest BCUT2D eigenvalue weighted by Crippen LogP contribution is 2.44. The number of anilines is 1. The van der Waals surface area contributed by atoms with Crippen molar-refractivity contribution in [3.63, 3.8) is 0 Å². The zero-order chi connectivity index (χ0) is 44.5. The van der Waals surface area contributed by atoms with Gasteiger partial charge in [-0.3, -0.25) is 14.8 Å². The Balaban J connectivity index is 1.00. The molecule has 3 aromatic carbocycles. The zero-order valence-corrected chi connectivity index (χ0v) is 37.2. The number of nitrogens with one attached hydrogen (secondary N) is 2. The number of aromatic nitrogens is 3. The molecule has 0 unspecified atom stereocenters. The summed E-state index contributed by atoms with van der Waals surface area (Å²) in [4.78, 5) is 22.3. The van der Waals surface area contributed by atoms with Gasteiger partial charge in [0.2, 0.25) is 5.88 Å². The highest BCUT2D eigenvalue weighted by molar-refractivity contribution is 7.90. The van der Waals surface area contributed by atoms with E-state index in [1.165, 1.54) is 41.1 Å². The quantitative estimate of drug-likeness (QED) is 0.109. The predicted octanol–water partition coefficient (Wildman–Crippen LogP) is 8.64. The number of sulfonamides is 1. The Hall–Kier alpha value is -5.53. The molecule has 2 fully saturated rings. The number of benzene rings is 3. The molecule has 3 aliphatic rings. The molecule has 3 heterocycles. The Morgan fingerprint density at radius 1 is 1.02 bits per heavy atom. The van der Waals surface area contributed by atoms with Gasteiger partial charge in [0.15, 0.2) is 0 Å². The van der Waals surface area contributed by atoms with Crippen LogP contribution in [-0.2, 0) is 10.0 Å². The van der Waals surface area contributed by atoms with Crippen LogP contribution in [0.1, 0.15) is 87.2 Å². The van der Waals surface area contributed by atoms with Gasteiger partial charge in [-0.15, -0.1) is 0 Å². The first-order valence-electron chi connectivity index (χ1n) is 21.3. The molecule has 0 atom stereocenters. The molecule has 2 aliphatic carbocycles. The number of rotatable bonds is 12. The van der Waals surface area contributed by atoms with Crippen LogP contribution in [0.15, 0.2) is 83.5 Å². The van der Waals surface area contributed by atoms with Crippen LogP contribution in [0.25, 0.3) is 16.5 Å². The standard InChI is InChI=1S/C47H51ClFN7O6S/c1-46(2)13-12-32(39(24-46)31-4-6-34(48)7-5-31)28-55-16-18-56(19-17-55)36-8-9-38(43(23-36)62-42-22-35(49)21-41-40(42)27-52-53-41)44(57)54-63(59,60)37-20-33(25-50)45(51-26-37)61-29-30-10-14-47(3,58)15-11-30/h4-9,20-23,26-27,30,58H,10-19,24,28-29H2,1-3H3,(H,52,53)(H,54,57). The van der Waals surface area contributed by atoms with Crippen LogP contribution >= 0.6 is 11.6 Å². The average molecular weight is 896 g/mol. The number of hydrogen-bond acceptors (Lipinski definition) is 11. The summed E-state index contributed by atoms with van der Waals surface area (Å²) in [5.74, 6) is -1.40. The molecule has 1 saturated heterocycles. The van der Waals surface area contributed by atoms with Crippen molar-refractivity contribution in [1.29, 1.82) is 5.26 Å². The monoisotopic (exact) mass is 895 g/mol. The predicted molar refractivity (Wildman–Crippen MR) is 239 cm³/mol. The Bertz CT molecular complexity index is 2700. The topological polar surface area (TPSA) is 174 Å². The van der Waals surface area contributed by atoms with E-state index in [2.05, 4.69) is 55.7 Å². The average Bonchev–Trinajstić information content (AvgIpc) is 3.73. The van der Waals surface area contributed by atoms with E-state index in [4.69, 9.17) is 21.1 Å². The number of aromatic amines is 1. The molecule has 63 heavy (non-hydrogen) atoms. The second-order valence-electron chi connectivity index (χ2n) is 18.0. The van der Waals surface area contributed by atoms with E-state index in [9.17, 15) is 28.0 Å². The van der Waals surface area contributed by atoms with Gasteiger partial charge in [-0.05, 0) is 111 Å². The van der Waals surface area contributed by atoms with Gasteiger partial charge in [-0.25, -0.2) is 22.5 Å². The normalized spacial score (nSPS) is 20.7. The van der Waals surface area contributed by atoms with Gasteiger partial charge in [0.25, 0.3) is 15.9 Å². The number of amides is 1. The number of ether oxygens (including phenoxy) is 2. The van der Waals surface area contributed by atoms with E-state index >= 15 is 0 Å². The zero-order valence-electron chi connectivity index (χ0n) is 35.6. The molecule has 5 aromatic rings. The van der Waals surface area contributed by atoms with Crippen molar-refractivity contribution in [2.75, 3.05) is 44.2 Å². The summed E-state index contributed by atoms with van der Waals surface area (Å²) in [7, 11) is -4.56. The summed E-state index contributed by atoms with van der Waals surface area (Å²) in [5.41, 5.74) is 4.43. The number of H-pyrrole nitrogens is 1. The van der Waals surface area contributed by atoms with E-state index < -0.39 is 32.2 Å². The lowest BCUT2D eigenvalue weighted by Gasteiger charge is -2.39. The second-order valence-corrected chi connectivity index (χ2v) is 20.2. The molecule has 1 saturated carbocycles. The van der Waals surface area contributed by atoms with Crippen molar-refractivity contribution in [2.24, 2.45) is 11.3 Å². The van der Waals surface area contributed by atoms with Crippen molar-refractivity contribution >= 4 is 49.7 Å². The fraction of sp³-hybridized carbons (Fsp3) is 0.404. The summed E-state index contributed by atoms with van der Waals surface area (Å²) >= 11 is 6.24. The maximum Gasteiger partial charge on any atom is 0.268 e. The molecule has 0 spiro atoms. The molecule has 16 heteroatoms. The number of nitrogens with zero attached hydrogens (tertiary/aromatic N) is 5. The molecule has 8 rings (SSSR count). The fourth-order valence-corrected chi connectivity index (χ4v) is 9.80. The molecule has 13 nitrogen and oxygen atoms in total. The van der Waals surface area contributed by atoms with E-state index in [-0.39, 0.29) is 46.4 Å². The number of aliphatic hydroxyl groups is 1. The molecular weight excluding hydrogens is 845 g/mol. The Morgan fingerprint density at radius 3 is 2.49 bits per heavy atom. The summed E-state index contributed by atoms with van der Waals surface area (Å²) in [6, 6.07) is 18.5. The van der Waals surface area contributed by atoms with Crippen LogP contribution in [0.2, 0.25) is 5.02 Å². The minimum Gasteiger partial charge on any atom is -0.476 e. The fourth-order valence-electron chi connectivity index (χ4n) is 8.74. The first-order valence-corrected chi connectivity index (χ1v) is 23.1. The first kappa shape index (κ1) is 44.1. The number of nitriles is 1. The number of carbonyl (C=O) groups is 1. The first-order chi connectivity index (χ1) is 30.0. The summed E-state index contributed by atoms with van der Waals surface area (Å²) in [5, 5.41) is 28.1. The lowest BCUT2D eigenvalue weighted by Crippen LogP contribution is -2.47. The number of carbonyl (C=O) groups excluding carboxylic acids is 1. The van der Waals surface area contributed by atoms with Gasteiger partial charge < -0.3 is 19.5 Å². The lowest BCUT2D eigenvalue weighted by atomic mass is 9.72. The number of hydrogen-bond donors (Lipinski definition) is 3. The number of piperazine rings is 1. The second kappa shape index (κ2) is 17.9. The summed E-state index contributed by atoms with van der Waals surface area (Å²) in [6.45, 7) is 10.5. The van der Waals surface area contributed by atoms with Gasteiger partial charge in [0.1, 0.15) is 33.8 Å². The van der Waals surface area contributed by atoms with E-state index in [0.29, 0.717) is 41.9 Å². The molecule has 3 N–H and O–H groups in total. The van der Waals surface area contributed by atoms with Crippen LogP contribution in [0.4, 0.5) is 10.1 Å². The summed E-state index contributed by atoms with van der Waals surface area (Å²) < 4.78 is 56.4. The smallest absolute Gasteiger partial charge is 0.268 e.